The van der Waals surface area contributed by atoms with Crippen LogP contribution in [0, 0.1) is 12.8 Å². The predicted octanol–water partition coefficient (Wildman–Crippen LogP) is 5.06. The van der Waals surface area contributed by atoms with E-state index in [1.54, 1.807) is 19.4 Å². The molecule has 6 nitrogen and oxygen atoms in total. The third-order valence-electron chi connectivity index (χ3n) is 9.10. The highest BCUT2D eigenvalue weighted by molar-refractivity contribution is 5.92. The highest BCUT2D eigenvalue weighted by Crippen LogP contribution is 2.54. The van der Waals surface area contributed by atoms with Crippen LogP contribution in [-0.2, 0) is 14.9 Å². The second kappa shape index (κ2) is 10.1. The van der Waals surface area contributed by atoms with Crippen LogP contribution < -0.4 is 4.74 Å². The van der Waals surface area contributed by atoms with Crippen LogP contribution in [0.3, 0.4) is 0 Å². The fraction of sp³-hybridized carbons (Fsp3) is 0.567. The molecule has 0 unspecified atom stereocenters. The molecule has 2 aromatic rings. The Kier molecular flexibility index (Phi) is 7.01. The molecule has 2 saturated carbocycles. The summed E-state index contributed by atoms with van der Waals surface area (Å²) >= 11 is 0. The minimum atomic E-state index is -0.281. The first-order valence-corrected chi connectivity index (χ1v) is 13.3. The summed E-state index contributed by atoms with van der Waals surface area (Å²) in [5.74, 6) is 2.57. The maximum absolute atomic E-state index is 13.2. The van der Waals surface area contributed by atoms with Gasteiger partial charge in [0.05, 0.1) is 19.0 Å². The van der Waals surface area contributed by atoms with Gasteiger partial charge in [-0.15, -0.1) is 0 Å². The van der Waals surface area contributed by atoms with Gasteiger partial charge in [0.2, 0.25) is 5.91 Å². The van der Waals surface area contributed by atoms with Crippen molar-refractivity contribution in [2.24, 2.45) is 5.92 Å². The van der Waals surface area contributed by atoms with E-state index in [1.165, 1.54) is 24.9 Å². The lowest BCUT2D eigenvalue weighted by atomic mass is 9.55. The zero-order valence-electron chi connectivity index (χ0n) is 22.2. The van der Waals surface area contributed by atoms with Gasteiger partial charge in [0.15, 0.2) is 0 Å². The van der Waals surface area contributed by atoms with Gasteiger partial charge in [-0.3, -0.25) is 4.79 Å². The number of rotatable bonds is 8. The number of carbonyl (C=O) groups is 1. The molecule has 3 aliphatic rings. The number of carbonyl (C=O) groups excluding carboxylic acids is 1. The van der Waals surface area contributed by atoms with Crippen LogP contribution in [0.5, 0.6) is 5.75 Å². The molecule has 1 aromatic carbocycles. The molecule has 0 spiro atoms. The summed E-state index contributed by atoms with van der Waals surface area (Å²) in [6, 6.07) is 10.6. The molecule has 36 heavy (non-hydrogen) atoms. The Balaban J connectivity index is 1.43. The van der Waals surface area contributed by atoms with Crippen LogP contribution in [0.25, 0.3) is 6.08 Å². The van der Waals surface area contributed by atoms with Gasteiger partial charge >= 0.3 is 0 Å². The molecule has 0 N–H and O–H groups in total. The van der Waals surface area contributed by atoms with Crippen LogP contribution in [0.1, 0.15) is 55.4 Å². The number of aryl methyl sites for hydroxylation is 1. The SMILES string of the molecule is COc1cccc([C@@]23CCN(CC4CC4)C[C@@]2(OC)CC[C@H](N(C)C(=O)/C=C/c2ccoc2C)C3)c1. The zero-order valence-corrected chi connectivity index (χ0v) is 22.2. The average Bonchev–Trinajstić information content (AvgIpc) is 3.63. The zero-order chi connectivity index (χ0) is 25.3. The Morgan fingerprint density at radius 3 is 2.75 bits per heavy atom. The van der Waals surface area contributed by atoms with E-state index < -0.39 is 0 Å². The molecule has 1 amide bonds. The fourth-order valence-corrected chi connectivity index (χ4v) is 6.67. The van der Waals surface area contributed by atoms with E-state index in [2.05, 4.69) is 23.1 Å². The number of nitrogens with zero attached hydrogens (tertiary/aromatic N) is 2. The quantitative estimate of drug-likeness (QED) is 0.482. The van der Waals surface area contributed by atoms with Crippen molar-refractivity contribution in [2.75, 3.05) is 40.9 Å². The first-order chi connectivity index (χ1) is 17.4. The summed E-state index contributed by atoms with van der Waals surface area (Å²) in [6.07, 6.45) is 11.7. The predicted molar refractivity (Wildman–Crippen MR) is 141 cm³/mol. The van der Waals surface area contributed by atoms with Crippen molar-refractivity contribution in [3.63, 3.8) is 0 Å². The summed E-state index contributed by atoms with van der Waals surface area (Å²) in [5, 5.41) is 0. The molecular weight excluding hydrogens is 452 g/mol. The molecule has 0 bridgehead atoms. The number of likely N-dealkylation sites (N-methyl/N-ethyl adjacent to an activating group) is 1. The number of piperidine rings is 1. The van der Waals surface area contributed by atoms with Crippen LogP contribution >= 0.6 is 0 Å². The van der Waals surface area contributed by atoms with E-state index in [-0.39, 0.29) is 23.0 Å². The molecule has 1 aromatic heterocycles. The molecule has 194 valence electrons. The van der Waals surface area contributed by atoms with Gasteiger partial charge in [0, 0.05) is 50.3 Å². The number of ether oxygens (including phenoxy) is 2. The summed E-state index contributed by atoms with van der Waals surface area (Å²) in [7, 11) is 5.56. The second-order valence-electron chi connectivity index (χ2n) is 11.1. The number of benzene rings is 1. The molecule has 0 radical (unpaired) electrons. The van der Waals surface area contributed by atoms with E-state index in [9.17, 15) is 4.79 Å². The van der Waals surface area contributed by atoms with Gasteiger partial charge in [-0.05, 0) is 87.7 Å². The summed E-state index contributed by atoms with van der Waals surface area (Å²) < 4.78 is 17.5. The van der Waals surface area contributed by atoms with Gasteiger partial charge in [-0.2, -0.15) is 0 Å². The van der Waals surface area contributed by atoms with Crippen LogP contribution in [0.4, 0.5) is 0 Å². The lowest BCUT2D eigenvalue weighted by Crippen LogP contribution is -2.68. The molecule has 1 saturated heterocycles. The Labute approximate surface area is 215 Å². The summed E-state index contributed by atoms with van der Waals surface area (Å²) in [6.45, 7) is 5.09. The molecule has 2 aliphatic carbocycles. The molecule has 1 aliphatic heterocycles. The first kappa shape index (κ1) is 25.1. The van der Waals surface area contributed by atoms with E-state index in [1.807, 2.05) is 44.2 Å². The monoisotopic (exact) mass is 492 g/mol. The van der Waals surface area contributed by atoms with E-state index >= 15 is 0 Å². The molecule has 2 heterocycles. The van der Waals surface area contributed by atoms with E-state index in [0.717, 1.165) is 61.8 Å². The Bertz CT molecular complexity index is 1110. The van der Waals surface area contributed by atoms with E-state index in [4.69, 9.17) is 13.9 Å². The standard InChI is InChI=1S/C30H40N2O4/c1-22-24(13-17-36-22)10-11-28(33)31(2)26-12-14-30(35-4)21-32(20-23-8-9-23)16-15-29(30,19-26)25-6-5-7-27(18-25)34-3/h5-7,10-11,13,17-18,23,26H,8-9,12,14-16,19-21H2,1-4H3/b11-10+/t26-,29-,30-/m0/s1. The Morgan fingerprint density at radius 2 is 2.06 bits per heavy atom. The van der Waals surface area contributed by atoms with Gasteiger partial charge in [0.25, 0.3) is 0 Å². The number of hydrogen-bond acceptors (Lipinski definition) is 5. The van der Waals surface area contributed by atoms with Crippen LogP contribution in [0.15, 0.2) is 47.1 Å². The third kappa shape index (κ3) is 4.61. The minimum Gasteiger partial charge on any atom is -0.497 e. The maximum atomic E-state index is 13.2. The molecule has 5 rings (SSSR count). The van der Waals surface area contributed by atoms with Crippen molar-refractivity contribution in [3.8, 4) is 5.75 Å². The van der Waals surface area contributed by atoms with Gasteiger partial charge in [-0.25, -0.2) is 0 Å². The highest BCUT2D eigenvalue weighted by atomic mass is 16.5. The molecular formula is C30H40N2O4. The first-order valence-electron chi connectivity index (χ1n) is 13.3. The van der Waals surface area contributed by atoms with Crippen molar-refractivity contribution in [1.29, 1.82) is 0 Å². The van der Waals surface area contributed by atoms with Crippen LogP contribution in [0.2, 0.25) is 0 Å². The lowest BCUT2D eigenvalue weighted by molar-refractivity contribution is -0.159. The van der Waals surface area contributed by atoms with Gasteiger partial charge in [0.1, 0.15) is 11.5 Å². The average molecular weight is 493 g/mol. The third-order valence-corrected chi connectivity index (χ3v) is 9.10. The number of likely N-dealkylation sites (tertiary alicyclic amines) is 1. The number of hydrogen-bond donors (Lipinski definition) is 0. The van der Waals surface area contributed by atoms with Crippen molar-refractivity contribution in [1.82, 2.24) is 9.80 Å². The van der Waals surface area contributed by atoms with Crippen LogP contribution in [-0.4, -0.2) is 68.3 Å². The Hall–Kier alpha value is -2.57. The maximum Gasteiger partial charge on any atom is 0.246 e. The highest BCUT2D eigenvalue weighted by Gasteiger charge is 2.59. The van der Waals surface area contributed by atoms with Crippen molar-refractivity contribution in [2.45, 2.75) is 62.5 Å². The number of amides is 1. The van der Waals surface area contributed by atoms with E-state index in [0.29, 0.717) is 0 Å². The molecule has 3 atom stereocenters. The van der Waals surface area contributed by atoms with Crippen molar-refractivity contribution >= 4 is 12.0 Å². The number of methoxy groups -OCH3 is 2. The second-order valence-corrected chi connectivity index (χ2v) is 11.1. The summed E-state index contributed by atoms with van der Waals surface area (Å²) in [4.78, 5) is 17.8. The number of fused-ring (bicyclic) bond motifs is 1. The largest absolute Gasteiger partial charge is 0.497 e. The fourth-order valence-electron chi connectivity index (χ4n) is 6.67. The molecule has 6 heteroatoms. The normalized spacial score (nSPS) is 28.7. The molecule has 3 fully saturated rings. The number of furan rings is 1. The van der Waals surface area contributed by atoms with Crippen molar-refractivity contribution < 1.29 is 18.7 Å². The minimum absolute atomic E-state index is 0.0254. The Morgan fingerprint density at radius 1 is 1.22 bits per heavy atom. The van der Waals surface area contributed by atoms with Crippen molar-refractivity contribution in [3.05, 3.63) is 59.6 Å². The summed E-state index contributed by atoms with van der Waals surface area (Å²) in [5.41, 5.74) is 1.74. The topological polar surface area (TPSA) is 55.2 Å². The lowest BCUT2D eigenvalue weighted by Gasteiger charge is -2.60. The van der Waals surface area contributed by atoms with Gasteiger partial charge < -0.3 is 23.7 Å². The van der Waals surface area contributed by atoms with Gasteiger partial charge in [-0.1, -0.05) is 12.1 Å². The smallest absolute Gasteiger partial charge is 0.246 e.